The van der Waals surface area contributed by atoms with Gasteiger partial charge in [-0.2, -0.15) is 5.10 Å². The van der Waals surface area contributed by atoms with Crippen LogP contribution in [0, 0.1) is 0 Å². The molecule has 136 valence electrons. The summed E-state index contributed by atoms with van der Waals surface area (Å²) in [7, 11) is 7.16. The van der Waals surface area contributed by atoms with Gasteiger partial charge in [0.25, 0.3) is 0 Å². The number of fused-ring (bicyclic) bond motifs is 1. The van der Waals surface area contributed by atoms with Crippen molar-refractivity contribution in [3.05, 3.63) is 40.1 Å². The van der Waals surface area contributed by atoms with Gasteiger partial charge in [0.15, 0.2) is 0 Å². The highest BCUT2D eigenvalue weighted by atomic mass is 16.5. The molecular formula is C18H26N4O3. The molecule has 2 heterocycles. The molecular weight excluding hydrogens is 320 g/mol. The Morgan fingerprint density at radius 1 is 1.20 bits per heavy atom. The zero-order chi connectivity index (χ0) is 18.0. The standard InChI is InChI=1S/C18H26N4O3/c1-20(12-13-9-15(24-3)11-16(10-13)25-4)14-5-6-17-19-21(2)18(23)22(17)8-7-14/h9-11,14H,5-8,12H2,1-4H3/t14-/m0/s1. The predicted molar refractivity (Wildman–Crippen MR) is 95.2 cm³/mol. The van der Waals surface area contributed by atoms with Crippen molar-refractivity contribution in [3.63, 3.8) is 0 Å². The Labute approximate surface area is 147 Å². The van der Waals surface area contributed by atoms with Crippen LogP contribution >= 0.6 is 0 Å². The fourth-order valence-electron chi connectivity index (χ4n) is 3.50. The second kappa shape index (κ2) is 7.31. The number of aromatic nitrogens is 3. The van der Waals surface area contributed by atoms with E-state index in [0.29, 0.717) is 6.04 Å². The predicted octanol–water partition coefficient (Wildman–Crippen LogP) is 1.44. The van der Waals surface area contributed by atoms with Gasteiger partial charge in [0.2, 0.25) is 0 Å². The van der Waals surface area contributed by atoms with Gasteiger partial charge < -0.3 is 9.47 Å². The van der Waals surface area contributed by atoms with Crippen molar-refractivity contribution in [2.24, 2.45) is 7.05 Å². The first-order valence-electron chi connectivity index (χ1n) is 8.56. The highest BCUT2D eigenvalue weighted by molar-refractivity contribution is 5.38. The lowest BCUT2D eigenvalue weighted by molar-refractivity contribution is 0.209. The first kappa shape index (κ1) is 17.5. The van der Waals surface area contributed by atoms with Crippen LogP contribution in [0.4, 0.5) is 0 Å². The number of rotatable bonds is 5. The van der Waals surface area contributed by atoms with Crippen LogP contribution in [-0.4, -0.2) is 46.6 Å². The van der Waals surface area contributed by atoms with Crippen molar-refractivity contribution in [3.8, 4) is 11.5 Å². The number of ether oxygens (including phenoxy) is 2. The number of nitrogens with zero attached hydrogens (tertiary/aromatic N) is 4. The summed E-state index contributed by atoms with van der Waals surface area (Å²) in [6, 6.07) is 6.36. The second-order valence-corrected chi connectivity index (χ2v) is 6.59. The zero-order valence-electron chi connectivity index (χ0n) is 15.4. The average Bonchev–Trinajstić information content (AvgIpc) is 2.78. The molecule has 0 bridgehead atoms. The quantitative estimate of drug-likeness (QED) is 0.820. The number of hydrogen-bond donors (Lipinski definition) is 0. The molecule has 1 aliphatic rings. The number of benzene rings is 1. The first-order chi connectivity index (χ1) is 12.0. The number of hydrogen-bond acceptors (Lipinski definition) is 5. The van der Waals surface area contributed by atoms with Gasteiger partial charge in [-0.05, 0) is 37.6 Å². The van der Waals surface area contributed by atoms with Crippen LogP contribution < -0.4 is 15.2 Å². The summed E-state index contributed by atoms with van der Waals surface area (Å²) in [6.07, 6.45) is 2.76. The van der Waals surface area contributed by atoms with E-state index in [1.54, 1.807) is 21.3 Å². The van der Waals surface area contributed by atoms with Crippen molar-refractivity contribution in [2.45, 2.75) is 38.4 Å². The molecule has 0 N–H and O–H groups in total. The molecule has 0 amide bonds. The minimum Gasteiger partial charge on any atom is -0.497 e. The van der Waals surface area contributed by atoms with Gasteiger partial charge >= 0.3 is 5.69 Å². The highest BCUT2D eigenvalue weighted by Crippen LogP contribution is 2.25. The maximum atomic E-state index is 12.1. The molecule has 7 nitrogen and oxygen atoms in total. The van der Waals surface area contributed by atoms with Crippen molar-refractivity contribution >= 4 is 0 Å². The molecule has 1 atom stereocenters. The fraction of sp³-hybridized carbons (Fsp3) is 0.556. The van der Waals surface area contributed by atoms with Crippen LogP contribution in [0.5, 0.6) is 11.5 Å². The maximum absolute atomic E-state index is 12.1. The lowest BCUT2D eigenvalue weighted by Crippen LogP contribution is -2.32. The topological polar surface area (TPSA) is 61.5 Å². The van der Waals surface area contributed by atoms with Crippen molar-refractivity contribution in [1.29, 1.82) is 0 Å². The third-order valence-corrected chi connectivity index (χ3v) is 4.94. The van der Waals surface area contributed by atoms with Crippen LogP contribution in [0.1, 0.15) is 24.2 Å². The Balaban J connectivity index is 1.70. The van der Waals surface area contributed by atoms with Crippen molar-refractivity contribution < 1.29 is 9.47 Å². The van der Waals surface area contributed by atoms with Gasteiger partial charge in [-0.15, -0.1) is 0 Å². The third-order valence-electron chi connectivity index (χ3n) is 4.94. The Morgan fingerprint density at radius 3 is 2.52 bits per heavy atom. The molecule has 1 aromatic heterocycles. The molecule has 3 rings (SSSR count). The summed E-state index contributed by atoms with van der Waals surface area (Å²) in [5.74, 6) is 2.49. The van der Waals surface area contributed by atoms with Crippen LogP contribution in [0.3, 0.4) is 0 Å². The molecule has 1 aromatic carbocycles. The van der Waals surface area contributed by atoms with Crippen LogP contribution in [0.25, 0.3) is 0 Å². The number of methoxy groups -OCH3 is 2. The molecule has 7 heteroatoms. The van der Waals surface area contributed by atoms with Gasteiger partial charge in [0.05, 0.1) is 14.2 Å². The Bertz CT molecular complexity index is 774. The van der Waals surface area contributed by atoms with Gasteiger partial charge in [0, 0.05) is 38.7 Å². The molecule has 0 aliphatic carbocycles. The number of aryl methyl sites for hydroxylation is 2. The largest absolute Gasteiger partial charge is 0.497 e. The maximum Gasteiger partial charge on any atom is 0.345 e. The molecule has 0 unspecified atom stereocenters. The van der Waals surface area contributed by atoms with E-state index in [2.05, 4.69) is 17.0 Å². The summed E-state index contributed by atoms with van der Waals surface area (Å²) < 4.78 is 13.9. The minimum absolute atomic E-state index is 0.0177. The lowest BCUT2D eigenvalue weighted by atomic mass is 10.1. The molecule has 0 spiro atoms. The molecule has 0 saturated carbocycles. The van der Waals surface area contributed by atoms with E-state index in [4.69, 9.17) is 9.47 Å². The van der Waals surface area contributed by atoms with E-state index in [0.717, 1.165) is 55.2 Å². The van der Waals surface area contributed by atoms with Gasteiger partial charge in [0.1, 0.15) is 17.3 Å². The lowest BCUT2D eigenvalue weighted by Gasteiger charge is -2.27. The SMILES string of the molecule is COc1cc(CN(C)[C@H]2CCc3nn(C)c(=O)n3CC2)cc(OC)c1. The Kier molecular flexibility index (Phi) is 5.13. The molecule has 0 saturated heterocycles. The van der Waals surface area contributed by atoms with E-state index in [9.17, 15) is 4.79 Å². The normalized spacial score (nSPS) is 17.2. The summed E-state index contributed by atoms with van der Waals surface area (Å²) in [5.41, 5.74) is 1.13. The van der Waals surface area contributed by atoms with E-state index in [1.165, 1.54) is 4.68 Å². The van der Waals surface area contributed by atoms with Crippen LogP contribution in [0.15, 0.2) is 23.0 Å². The van der Waals surface area contributed by atoms with Crippen molar-refractivity contribution in [1.82, 2.24) is 19.2 Å². The van der Waals surface area contributed by atoms with E-state index >= 15 is 0 Å². The van der Waals surface area contributed by atoms with Crippen LogP contribution in [-0.2, 0) is 26.6 Å². The summed E-state index contributed by atoms with van der Waals surface area (Å²) >= 11 is 0. The monoisotopic (exact) mass is 346 g/mol. The smallest absolute Gasteiger partial charge is 0.345 e. The fourth-order valence-corrected chi connectivity index (χ4v) is 3.50. The van der Waals surface area contributed by atoms with E-state index in [-0.39, 0.29) is 5.69 Å². The van der Waals surface area contributed by atoms with Crippen LogP contribution in [0.2, 0.25) is 0 Å². The first-order valence-corrected chi connectivity index (χ1v) is 8.56. The Morgan fingerprint density at radius 2 is 1.88 bits per heavy atom. The molecule has 25 heavy (non-hydrogen) atoms. The highest BCUT2D eigenvalue weighted by Gasteiger charge is 2.23. The molecule has 2 aromatic rings. The Hall–Kier alpha value is -2.28. The summed E-state index contributed by atoms with van der Waals surface area (Å²) in [6.45, 7) is 1.52. The zero-order valence-corrected chi connectivity index (χ0v) is 15.4. The second-order valence-electron chi connectivity index (χ2n) is 6.59. The third kappa shape index (κ3) is 3.71. The average molecular weight is 346 g/mol. The molecule has 0 radical (unpaired) electrons. The van der Waals surface area contributed by atoms with E-state index < -0.39 is 0 Å². The summed E-state index contributed by atoms with van der Waals surface area (Å²) in [4.78, 5) is 14.4. The minimum atomic E-state index is -0.0177. The van der Waals surface area contributed by atoms with Gasteiger partial charge in [-0.3, -0.25) is 9.47 Å². The molecule has 1 aliphatic heterocycles. The van der Waals surface area contributed by atoms with Gasteiger partial charge in [-0.1, -0.05) is 0 Å². The van der Waals surface area contributed by atoms with Gasteiger partial charge in [-0.25, -0.2) is 9.48 Å². The summed E-state index contributed by atoms with van der Waals surface area (Å²) in [5, 5.41) is 4.35. The van der Waals surface area contributed by atoms with Crippen molar-refractivity contribution in [2.75, 3.05) is 21.3 Å². The van der Waals surface area contributed by atoms with E-state index in [1.807, 2.05) is 22.8 Å². The molecule has 0 fully saturated rings.